The van der Waals surface area contributed by atoms with E-state index in [1.165, 1.54) is 16.9 Å². The highest BCUT2D eigenvalue weighted by molar-refractivity contribution is 8.03. The minimum absolute atomic E-state index is 0.0557. The van der Waals surface area contributed by atoms with Gasteiger partial charge in [0.15, 0.2) is 0 Å². The Balaban J connectivity index is 1.93. The number of hydrogen-bond donors (Lipinski definition) is 0. The van der Waals surface area contributed by atoms with Crippen molar-refractivity contribution in [3.63, 3.8) is 0 Å². The van der Waals surface area contributed by atoms with Crippen molar-refractivity contribution in [1.29, 1.82) is 0 Å². The summed E-state index contributed by atoms with van der Waals surface area (Å²) in [7, 11) is 1.46. The van der Waals surface area contributed by atoms with E-state index in [2.05, 4.69) is 18.2 Å². The van der Waals surface area contributed by atoms with E-state index in [1.54, 1.807) is 11.8 Å². The number of benzene rings is 1. The summed E-state index contributed by atoms with van der Waals surface area (Å²) in [6.07, 6.45) is 4.85. The van der Waals surface area contributed by atoms with Gasteiger partial charge in [0, 0.05) is 4.90 Å². The molecule has 0 aromatic heterocycles. The zero-order valence-electron chi connectivity index (χ0n) is 9.89. The van der Waals surface area contributed by atoms with Crippen LogP contribution in [0.4, 0.5) is 0 Å². The van der Waals surface area contributed by atoms with Gasteiger partial charge in [-0.3, -0.25) is 4.79 Å². The predicted molar refractivity (Wildman–Crippen MR) is 69.7 cm³/mol. The maximum Gasteiger partial charge on any atom is 0.308 e. The Bertz CT molecular complexity index is 411. The van der Waals surface area contributed by atoms with E-state index in [0.29, 0.717) is 0 Å². The third-order valence-electron chi connectivity index (χ3n) is 2.90. The van der Waals surface area contributed by atoms with Crippen molar-refractivity contribution < 1.29 is 9.53 Å². The van der Waals surface area contributed by atoms with Crippen LogP contribution in [0.2, 0.25) is 0 Å². The lowest BCUT2D eigenvalue weighted by atomic mass is 9.94. The molecule has 1 aromatic carbocycles. The molecule has 0 saturated carbocycles. The Kier molecular flexibility index (Phi) is 4.26. The second-order valence-corrected chi connectivity index (χ2v) is 5.28. The van der Waals surface area contributed by atoms with Crippen molar-refractivity contribution in [3.8, 4) is 0 Å². The van der Waals surface area contributed by atoms with Gasteiger partial charge in [0.05, 0.1) is 13.0 Å². The molecule has 90 valence electrons. The van der Waals surface area contributed by atoms with Crippen LogP contribution in [0.15, 0.2) is 46.2 Å². The van der Waals surface area contributed by atoms with Gasteiger partial charge in [0.1, 0.15) is 0 Å². The minimum atomic E-state index is -0.0787. The number of hydrogen-bond acceptors (Lipinski definition) is 3. The number of ether oxygens (including phenoxy) is 1. The third-order valence-corrected chi connectivity index (χ3v) is 4.04. The molecule has 2 nitrogen and oxygen atoms in total. The lowest BCUT2D eigenvalue weighted by Crippen LogP contribution is -2.17. The Hall–Kier alpha value is -1.22. The summed E-state index contributed by atoms with van der Waals surface area (Å²) in [5.41, 5.74) is 0. The van der Waals surface area contributed by atoms with Gasteiger partial charge in [-0.1, -0.05) is 36.0 Å². The minimum Gasteiger partial charge on any atom is -0.469 e. The average molecular weight is 248 g/mol. The van der Waals surface area contributed by atoms with E-state index >= 15 is 0 Å². The van der Waals surface area contributed by atoms with Gasteiger partial charge < -0.3 is 4.74 Å². The molecule has 0 saturated heterocycles. The van der Waals surface area contributed by atoms with E-state index in [9.17, 15) is 4.79 Å². The van der Waals surface area contributed by atoms with Gasteiger partial charge in [-0.2, -0.15) is 0 Å². The SMILES string of the molecule is COC(=O)C1CC=C(Sc2ccccc2)CC1. The summed E-state index contributed by atoms with van der Waals surface area (Å²) < 4.78 is 4.77. The quantitative estimate of drug-likeness (QED) is 0.764. The first kappa shape index (κ1) is 12.2. The largest absolute Gasteiger partial charge is 0.469 e. The average Bonchev–Trinajstić information content (AvgIpc) is 2.40. The topological polar surface area (TPSA) is 26.3 Å². The van der Waals surface area contributed by atoms with Crippen LogP contribution < -0.4 is 0 Å². The molecule has 0 bridgehead atoms. The number of methoxy groups -OCH3 is 1. The summed E-state index contributed by atoms with van der Waals surface area (Å²) in [6, 6.07) is 10.3. The van der Waals surface area contributed by atoms with Crippen LogP contribution in [0.25, 0.3) is 0 Å². The Morgan fingerprint density at radius 2 is 2.12 bits per heavy atom. The second kappa shape index (κ2) is 5.92. The molecule has 0 fully saturated rings. The molecule has 1 atom stereocenters. The summed E-state index contributed by atoms with van der Waals surface area (Å²) in [5.74, 6) is -0.0230. The summed E-state index contributed by atoms with van der Waals surface area (Å²) in [6.45, 7) is 0. The van der Waals surface area contributed by atoms with Crippen LogP contribution in [0.1, 0.15) is 19.3 Å². The molecule has 0 amide bonds. The highest BCUT2D eigenvalue weighted by Gasteiger charge is 2.22. The fourth-order valence-electron chi connectivity index (χ4n) is 1.92. The lowest BCUT2D eigenvalue weighted by Gasteiger charge is -2.19. The lowest BCUT2D eigenvalue weighted by molar-refractivity contribution is -0.145. The van der Waals surface area contributed by atoms with Crippen molar-refractivity contribution in [2.45, 2.75) is 24.2 Å². The molecular weight excluding hydrogens is 232 g/mol. The zero-order valence-corrected chi connectivity index (χ0v) is 10.7. The number of thioether (sulfide) groups is 1. The van der Waals surface area contributed by atoms with Crippen LogP contribution in [0.5, 0.6) is 0 Å². The third kappa shape index (κ3) is 3.37. The van der Waals surface area contributed by atoms with E-state index in [0.717, 1.165) is 19.3 Å². The Labute approximate surface area is 106 Å². The molecule has 0 spiro atoms. The molecule has 2 rings (SSSR count). The van der Waals surface area contributed by atoms with Gasteiger partial charge in [0.2, 0.25) is 0 Å². The maximum absolute atomic E-state index is 11.4. The molecular formula is C14H16O2S. The molecule has 0 aliphatic heterocycles. The van der Waals surface area contributed by atoms with E-state index in [-0.39, 0.29) is 11.9 Å². The molecule has 0 N–H and O–H groups in total. The standard InChI is InChI=1S/C14H16O2S/c1-16-14(15)11-7-9-13(10-8-11)17-12-5-3-2-4-6-12/h2-6,9,11H,7-8,10H2,1H3. The van der Waals surface area contributed by atoms with Crippen molar-refractivity contribution in [2.75, 3.05) is 7.11 Å². The van der Waals surface area contributed by atoms with Gasteiger partial charge in [-0.25, -0.2) is 0 Å². The maximum atomic E-state index is 11.4. The Morgan fingerprint density at radius 3 is 2.71 bits per heavy atom. The zero-order chi connectivity index (χ0) is 12.1. The molecule has 3 heteroatoms. The van der Waals surface area contributed by atoms with E-state index in [4.69, 9.17) is 4.74 Å². The second-order valence-electron chi connectivity index (χ2n) is 4.08. The van der Waals surface area contributed by atoms with Crippen LogP contribution >= 0.6 is 11.8 Å². The molecule has 0 radical (unpaired) electrons. The van der Waals surface area contributed by atoms with Crippen LogP contribution in [0, 0.1) is 5.92 Å². The summed E-state index contributed by atoms with van der Waals surface area (Å²) in [5, 5.41) is 0. The van der Waals surface area contributed by atoms with Gasteiger partial charge in [-0.15, -0.1) is 0 Å². The fraction of sp³-hybridized carbons (Fsp3) is 0.357. The number of carbonyl (C=O) groups excluding carboxylic acids is 1. The van der Waals surface area contributed by atoms with Crippen molar-refractivity contribution in [2.24, 2.45) is 5.92 Å². The normalized spacial score (nSPS) is 19.6. The molecule has 1 aliphatic rings. The van der Waals surface area contributed by atoms with Crippen LogP contribution in [-0.2, 0) is 9.53 Å². The number of rotatable bonds is 3. The van der Waals surface area contributed by atoms with Crippen molar-refractivity contribution >= 4 is 17.7 Å². The van der Waals surface area contributed by atoms with Gasteiger partial charge in [-0.05, 0) is 36.3 Å². The van der Waals surface area contributed by atoms with Gasteiger partial charge >= 0.3 is 5.97 Å². The number of esters is 1. The molecule has 1 aliphatic carbocycles. The number of allylic oxidation sites excluding steroid dienone is 2. The highest BCUT2D eigenvalue weighted by atomic mass is 32.2. The first-order valence-electron chi connectivity index (χ1n) is 5.79. The first-order chi connectivity index (χ1) is 8.29. The summed E-state index contributed by atoms with van der Waals surface area (Å²) in [4.78, 5) is 14.0. The van der Waals surface area contributed by atoms with Gasteiger partial charge in [0.25, 0.3) is 0 Å². The fourth-order valence-corrected chi connectivity index (χ4v) is 2.92. The molecule has 17 heavy (non-hydrogen) atoms. The monoisotopic (exact) mass is 248 g/mol. The number of carbonyl (C=O) groups is 1. The van der Waals surface area contributed by atoms with Crippen LogP contribution in [-0.4, -0.2) is 13.1 Å². The molecule has 1 unspecified atom stereocenters. The van der Waals surface area contributed by atoms with E-state index in [1.807, 2.05) is 18.2 Å². The summed E-state index contributed by atoms with van der Waals surface area (Å²) >= 11 is 1.79. The van der Waals surface area contributed by atoms with Crippen molar-refractivity contribution in [1.82, 2.24) is 0 Å². The first-order valence-corrected chi connectivity index (χ1v) is 6.61. The Morgan fingerprint density at radius 1 is 1.35 bits per heavy atom. The molecule has 1 aromatic rings. The van der Waals surface area contributed by atoms with Crippen molar-refractivity contribution in [3.05, 3.63) is 41.3 Å². The smallest absolute Gasteiger partial charge is 0.308 e. The highest BCUT2D eigenvalue weighted by Crippen LogP contribution is 2.35. The van der Waals surface area contributed by atoms with E-state index < -0.39 is 0 Å². The molecule has 0 heterocycles. The van der Waals surface area contributed by atoms with Crippen LogP contribution in [0.3, 0.4) is 0 Å². The predicted octanol–water partition coefficient (Wildman–Crippen LogP) is 3.64.